The highest BCUT2D eigenvalue weighted by atomic mass is 32.2. The van der Waals surface area contributed by atoms with Crippen LogP contribution in [0.1, 0.15) is 26.2 Å². The van der Waals surface area contributed by atoms with Crippen LogP contribution in [0.25, 0.3) is 0 Å². The van der Waals surface area contributed by atoms with Gasteiger partial charge in [-0.15, -0.1) is 0 Å². The van der Waals surface area contributed by atoms with E-state index in [9.17, 15) is 18.3 Å². The number of aliphatic carboxylic acids is 1. The number of rotatable bonds is 3. The van der Waals surface area contributed by atoms with Crippen LogP contribution in [0.2, 0.25) is 0 Å². The van der Waals surface area contributed by atoms with E-state index in [2.05, 4.69) is 6.92 Å². The molecule has 2 unspecified atom stereocenters. The van der Waals surface area contributed by atoms with E-state index < -0.39 is 28.3 Å². The van der Waals surface area contributed by atoms with Crippen LogP contribution in [0.4, 0.5) is 0 Å². The van der Waals surface area contributed by atoms with Crippen molar-refractivity contribution in [1.82, 2.24) is 8.61 Å². The third-order valence-electron chi connectivity index (χ3n) is 3.88. The van der Waals surface area contributed by atoms with Crippen LogP contribution in [0.3, 0.4) is 0 Å². The lowest BCUT2D eigenvalue weighted by Crippen LogP contribution is -2.50. The van der Waals surface area contributed by atoms with E-state index in [0.29, 0.717) is 19.0 Å². The van der Waals surface area contributed by atoms with Crippen molar-refractivity contribution >= 4 is 16.2 Å². The monoisotopic (exact) mass is 292 g/mol. The third kappa shape index (κ3) is 2.91. The van der Waals surface area contributed by atoms with E-state index >= 15 is 0 Å². The van der Waals surface area contributed by atoms with Crippen molar-refractivity contribution in [2.24, 2.45) is 5.92 Å². The first kappa shape index (κ1) is 14.7. The normalized spacial score (nSPS) is 31.7. The second-order valence-corrected chi connectivity index (χ2v) is 7.28. The highest BCUT2D eigenvalue weighted by molar-refractivity contribution is 7.86. The highest BCUT2D eigenvalue weighted by Crippen LogP contribution is 2.27. The minimum absolute atomic E-state index is 0.0429. The zero-order chi connectivity index (χ0) is 14.2. The van der Waals surface area contributed by atoms with Crippen LogP contribution in [-0.2, 0) is 15.0 Å². The van der Waals surface area contributed by atoms with Gasteiger partial charge in [-0.1, -0.05) is 6.92 Å². The molecule has 0 amide bonds. The summed E-state index contributed by atoms with van der Waals surface area (Å²) >= 11 is 0. The fourth-order valence-corrected chi connectivity index (χ4v) is 4.45. The smallest absolute Gasteiger partial charge is 0.322 e. The van der Waals surface area contributed by atoms with Crippen molar-refractivity contribution in [2.75, 3.05) is 19.6 Å². The summed E-state index contributed by atoms with van der Waals surface area (Å²) in [6, 6.07) is -1.15. The Morgan fingerprint density at radius 3 is 2.37 bits per heavy atom. The maximum Gasteiger partial charge on any atom is 0.322 e. The molecule has 8 heteroatoms. The number of β-amino-alcohol motifs (C(OH)–C–C–N with tert-alkyl or cyclic N) is 1. The van der Waals surface area contributed by atoms with E-state index in [1.54, 1.807) is 0 Å². The lowest BCUT2D eigenvalue weighted by molar-refractivity contribution is -0.140. The largest absolute Gasteiger partial charge is 0.480 e. The third-order valence-corrected chi connectivity index (χ3v) is 5.90. The molecular formula is C11H20N2O5S. The molecule has 110 valence electrons. The molecule has 0 saturated carbocycles. The summed E-state index contributed by atoms with van der Waals surface area (Å²) in [5.41, 5.74) is 0. The van der Waals surface area contributed by atoms with Gasteiger partial charge in [-0.2, -0.15) is 17.0 Å². The molecule has 0 aromatic heterocycles. The molecule has 2 N–H and O–H groups in total. The van der Waals surface area contributed by atoms with Crippen LogP contribution < -0.4 is 0 Å². The van der Waals surface area contributed by atoms with Gasteiger partial charge in [0.2, 0.25) is 0 Å². The molecule has 2 heterocycles. The molecule has 2 atom stereocenters. The van der Waals surface area contributed by atoms with Gasteiger partial charge in [-0.25, -0.2) is 0 Å². The minimum Gasteiger partial charge on any atom is -0.480 e. The Hall–Kier alpha value is -0.700. The number of carbonyl (C=O) groups is 1. The minimum atomic E-state index is -3.79. The topological polar surface area (TPSA) is 98.2 Å². The van der Waals surface area contributed by atoms with E-state index in [4.69, 9.17) is 5.11 Å². The molecule has 7 nitrogen and oxygen atoms in total. The fraction of sp³-hybridized carbons (Fsp3) is 0.909. The second kappa shape index (κ2) is 5.35. The first-order chi connectivity index (χ1) is 8.82. The number of hydrogen-bond donors (Lipinski definition) is 2. The second-order valence-electron chi connectivity index (χ2n) is 5.40. The molecule has 0 aromatic rings. The Balaban J connectivity index is 2.16. The van der Waals surface area contributed by atoms with Crippen LogP contribution >= 0.6 is 0 Å². The van der Waals surface area contributed by atoms with E-state index in [0.717, 1.165) is 17.1 Å². The van der Waals surface area contributed by atoms with Crippen LogP contribution in [0, 0.1) is 5.92 Å². The summed E-state index contributed by atoms with van der Waals surface area (Å²) in [6.07, 6.45) is 0.624. The van der Waals surface area contributed by atoms with E-state index in [-0.39, 0.29) is 13.0 Å². The maximum absolute atomic E-state index is 12.4. The van der Waals surface area contributed by atoms with Gasteiger partial charge in [0.05, 0.1) is 6.10 Å². The summed E-state index contributed by atoms with van der Waals surface area (Å²) in [5.74, 6) is -0.712. The number of nitrogens with zero attached hydrogens (tertiary/aromatic N) is 2. The Bertz CT molecular complexity index is 444. The molecule has 2 saturated heterocycles. The van der Waals surface area contributed by atoms with Crippen molar-refractivity contribution in [2.45, 2.75) is 38.3 Å². The molecule has 19 heavy (non-hydrogen) atoms. The molecule has 2 rings (SSSR count). The van der Waals surface area contributed by atoms with Gasteiger partial charge in [0.25, 0.3) is 10.2 Å². The first-order valence-electron chi connectivity index (χ1n) is 6.50. The SMILES string of the molecule is CC1CCN(S(=O)(=O)N2CC(O)CC2C(=O)O)CC1. The van der Waals surface area contributed by atoms with Gasteiger partial charge in [0.1, 0.15) is 6.04 Å². The Morgan fingerprint density at radius 2 is 1.84 bits per heavy atom. The highest BCUT2D eigenvalue weighted by Gasteiger charge is 2.45. The van der Waals surface area contributed by atoms with Crippen LogP contribution in [0.5, 0.6) is 0 Å². The summed E-state index contributed by atoms with van der Waals surface area (Å²) in [5, 5.41) is 18.6. The lowest BCUT2D eigenvalue weighted by Gasteiger charge is -2.33. The average molecular weight is 292 g/mol. The molecule has 2 fully saturated rings. The maximum atomic E-state index is 12.4. The van der Waals surface area contributed by atoms with Crippen LogP contribution in [0.15, 0.2) is 0 Å². The predicted molar refractivity (Wildman–Crippen MR) is 67.6 cm³/mol. The quantitative estimate of drug-likeness (QED) is 0.729. The molecule has 0 spiro atoms. The predicted octanol–water partition coefficient (Wildman–Crippen LogP) is -0.517. The standard InChI is InChI=1S/C11H20N2O5S/c1-8-2-4-12(5-3-8)19(17,18)13-7-9(14)6-10(13)11(15)16/h8-10,14H,2-7H2,1H3,(H,15,16). The summed E-state index contributed by atoms with van der Waals surface area (Å²) in [6.45, 7) is 2.78. The van der Waals surface area contributed by atoms with Gasteiger partial charge in [-0.05, 0) is 18.8 Å². The van der Waals surface area contributed by atoms with Gasteiger partial charge in [0, 0.05) is 26.1 Å². The molecule has 0 aliphatic carbocycles. The number of aliphatic hydroxyl groups is 1. The van der Waals surface area contributed by atoms with Crippen molar-refractivity contribution < 1.29 is 23.4 Å². The number of hydrogen-bond acceptors (Lipinski definition) is 4. The average Bonchev–Trinajstić information content (AvgIpc) is 2.73. The van der Waals surface area contributed by atoms with E-state index in [1.165, 1.54) is 4.31 Å². The number of piperidine rings is 1. The van der Waals surface area contributed by atoms with Crippen LogP contribution in [-0.4, -0.2) is 65.0 Å². The molecule has 2 aliphatic heterocycles. The number of carboxylic acid groups (broad SMARTS) is 1. The van der Waals surface area contributed by atoms with Gasteiger partial charge in [-0.3, -0.25) is 4.79 Å². The number of carboxylic acids is 1. The lowest BCUT2D eigenvalue weighted by atomic mass is 10.0. The Labute approximate surface area is 113 Å². The summed E-state index contributed by atoms with van der Waals surface area (Å²) < 4.78 is 27.1. The molecule has 0 radical (unpaired) electrons. The van der Waals surface area contributed by atoms with Gasteiger partial charge in [0.15, 0.2) is 0 Å². The van der Waals surface area contributed by atoms with Crippen molar-refractivity contribution in [3.63, 3.8) is 0 Å². The Kier molecular flexibility index (Phi) is 4.14. The molecular weight excluding hydrogens is 272 g/mol. The fourth-order valence-electron chi connectivity index (χ4n) is 2.63. The van der Waals surface area contributed by atoms with Gasteiger partial charge >= 0.3 is 5.97 Å². The van der Waals surface area contributed by atoms with Crippen molar-refractivity contribution in [1.29, 1.82) is 0 Å². The first-order valence-corrected chi connectivity index (χ1v) is 7.90. The van der Waals surface area contributed by atoms with Crippen molar-refractivity contribution in [3.05, 3.63) is 0 Å². The molecule has 0 aromatic carbocycles. The molecule has 0 bridgehead atoms. The van der Waals surface area contributed by atoms with E-state index in [1.807, 2.05) is 0 Å². The number of aliphatic hydroxyl groups excluding tert-OH is 1. The van der Waals surface area contributed by atoms with Gasteiger partial charge < -0.3 is 10.2 Å². The van der Waals surface area contributed by atoms with Crippen molar-refractivity contribution in [3.8, 4) is 0 Å². The summed E-state index contributed by atoms with van der Waals surface area (Å²) in [4.78, 5) is 11.1. The molecule has 2 aliphatic rings. The Morgan fingerprint density at radius 1 is 1.26 bits per heavy atom. The summed E-state index contributed by atoms with van der Waals surface area (Å²) in [7, 11) is -3.79. The zero-order valence-corrected chi connectivity index (χ0v) is 11.7. The zero-order valence-electron chi connectivity index (χ0n) is 10.9.